The molecule has 5 heteroatoms. The molecule has 1 N–H and O–H groups in total. The van der Waals surface area contributed by atoms with E-state index in [1.807, 2.05) is 31.3 Å². The van der Waals surface area contributed by atoms with Crippen molar-refractivity contribution in [2.75, 3.05) is 7.11 Å². The molecule has 1 saturated carbocycles. The monoisotopic (exact) mass is 311 g/mol. The highest BCUT2D eigenvalue weighted by molar-refractivity contribution is 6.03. The van der Waals surface area contributed by atoms with Crippen molar-refractivity contribution in [2.24, 2.45) is 7.05 Å². The van der Waals surface area contributed by atoms with Gasteiger partial charge in [0.15, 0.2) is 0 Å². The maximum Gasteiger partial charge on any atom is 0.326 e. The topological polar surface area (TPSA) is 59.9 Å². The van der Waals surface area contributed by atoms with E-state index in [-0.39, 0.29) is 11.8 Å². The summed E-state index contributed by atoms with van der Waals surface area (Å²) in [7, 11) is 3.60. The molecule has 1 aliphatic carbocycles. The fourth-order valence-electron chi connectivity index (χ4n) is 3.87. The number of pyridine rings is 1. The lowest BCUT2D eigenvalue weighted by molar-refractivity contribution is 0.0632. The van der Waals surface area contributed by atoms with Crippen LogP contribution in [-0.4, -0.2) is 27.7 Å². The minimum absolute atomic E-state index is 0.0847. The molecule has 2 heterocycles. The molecular formula is C18H21N3O2. The highest BCUT2D eigenvalue weighted by Gasteiger charge is 2.27. The SMILES string of the molecule is CO[C@@H]1CCC[C@H](c2nc3ccccc3c3[nH]c(=O)n(C)c23)C1. The van der Waals surface area contributed by atoms with Crippen molar-refractivity contribution in [1.82, 2.24) is 14.5 Å². The first-order chi connectivity index (χ1) is 11.2. The molecule has 1 fully saturated rings. The van der Waals surface area contributed by atoms with Gasteiger partial charge in [-0.05, 0) is 25.3 Å². The molecule has 0 unspecified atom stereocenters. The summed E-state index contributed by atoms with van der Waals surface area (Å²) < 4.78 is 7.27. The van der Waals surface area contributed by atoms with Crippen molar-refractivity contribution in [3.8, 4) is 0 Å². The first-order valence-electron chi connectivity index (χ1n) is 8.19. The smallest absolute Gasteiger partial charge is 0.326 e. The Hall–Kier alpha value is -2.14. The van der Waals surface area contributed by atoms with Crippen LogP contribution in [0.5, 0.6) is 0 Å². The average molecular weight is 311 g/mol. The molecule has 5 nitrogen and oxygen atoms in total. The number of methoxy groups -OCH3 is 1. The predicted octanol–water partition coefficient (Wildman–Crippen LogP) is 3.09. The van der Waals surface area contributed by atoms with Crippen LogP contribution in [0.4, 0.5) is 0 Å². The number of ether oxygens (including phenoxy) is 1. The molecule has 3 aromatic rings. The molecule has 0 saturated heterocycles. The van der Waals surface area contributed by atoms with Gasteiger partial charge in [-0.25, -0.2) is 4.79 Å². The third-order valence-corrected chi connectivity index (χ3v) is 5.11. The molecule has 2 atom stereocenters. The van der Waals surface area contributed by atoms with Crippen LogP contribution in [0, 0.1) is 0 Å². The molecule has 0 amide bonds. The lowest BCUT2D eigenvalue weighted by Crippen LogP contribution is -2.22. The third kappa shape index (κ3) is 2.27. The maximum atomic E-state index is 12.2. The summed E-state index contributed by atoms with van der Waals surface area (Å²) in [5.74, 6) is 0.335. The minimum atomic E-state index is -0.0847. The molecular weight excluding hydrogens is 290 g/mol. The van der Waals surface area contributed by atoms with Crippen molar-refractivity contribution < 1.29 is 4.74 Å². The quantitative estimate of drug-likeness (QED) is 0.791. The number of nitrogens with one attached hydrogen (secondary N) is 1. The number of H-pyrrole nitrogens is 1. The maximum absolute atomic E-state index is 12.2. The van der Waals surface area contributed by atoms with Crippen molar-refractivity contribution in [3.05, 3.63) is 40.4 Å². The van der Waals surface area contributed by atoms with Gasteiger partial charge in [0.05, 0.1) is 28.3 Å². The second-order valence-corrected chi connectivity index (χ2v) is 6.45. The lowest BCUT2D eigenvalue weighted by atomic mass is 9.84. The summed E-state index contributed by atoms with van der Waals surface area (Å²) in [5.41, 5.74) is 3.73. The van der Waals surface area contributed by atoms with Crippen LogP contribution < -0.4 is 5.69 Å². The summed E-state index contributed by atoms with van der Waals surface area (Å²) in [6.07, 6.45) is 4.59. The first-order valence-corrected chi connectivity index (χ1v) is 8.19. The van der Waals surface area contributed by atoms with Gasteiger partial charge in [-0.1, -0.05) is 24.6 Å². The average Bonchev–Trinajstić information content (AvgIpc) is 2.90. The summed E-state index contributed by atoms with van der Waals surface area (Å²) in [6, 6.07) is 8.00. The highest BCUT2D eigenvalue weighted by Crippen LogP contribution is 2.37. The fraction of sp³-hybridized carbons (Fsp3) is 0.444. The van der Waals surface area contributed by atoms with Gasteiger partial charge in [0.1, 0.15) is 0 Å². The van der Waals surface area contributed by atoms with Crippen LogP contribution in [0.2, 0.25) is 0 Å². The Morgan fingerprint density at radius 3 is 2.96 bits per heavy atom. The molecule has 1 aliphatic rings. The van der Waals surface area contributed by atoms with Crippen molar-refractivity contribution in [1.29, 1.82) is 0 Å². The van der Waals surface area contributed by atoms with Gasteiger partial charge in [-0.2, -0.15) is 0 Å². The first kappa shape index (κ1) is 14.5. The van der Waals surface area contributed by atoms with Gasteiger partial charge in [0.25, 0.3) is 0 Å². The number of hydrogen-bond donors (Lipinski definition) is 1. The Labute approximate surface area is 134 Å². The number of para-hydroxylation sites is 1. The largest absolute Gasteiger partial charge is 0.381 e. The summed E-state index contributed by atoms with van der Waals surface area (Å²) in [6.45, 7) is 0. The number of benzene rings is 1. The number of aryl methyl sites for hydroxylation is 1. The number of fused-ring (bicyclic) bond motifs is 3. The minimum Gasteiger partial charge on any atom is -0.381 e. The highest BCUT2D eigenvalue weighted by atomic mass is 16.5. The molecule has 23 heavy (non-hydrogen) atoms. The lowest BCUT2D eigenvalue weighted by Gasteiger charge is -2.28. The van der Waals surface area contributed by atoms with E-state index in [0.29, 0.717) is 5.92 Å². The summed E-state index contributed by atoms with van der Waals surface area (Å²) in [5, 5.41) is 1.00. The summed E-state index contributed by atoms with van der Waals surface area (Å²) in [4.78, 5) is 20.1. The number of hydrogen-bond acceptors (Lipinski definition) is 3. The molecule has 4 rings (SSSR count). The number of rotatable bonds is 2. The molecule has 0 radical (unpaired) electrons. The number of nitrogens with zero attached hydrogens (tertiary/aromatic N) is 2. The van der Waals surface area contributed by atoms with E-state index in [4.69, 9.17) is 9.72 Å². The van der Waals surface area contributed by atoms with E-state index in [0.717, 1.165) is 53.3 Å². The van der Waals surface area contributed by atoms with Crippen LogP contribution in [0.15, 0.2) is 29.1 Å². The van der Waals surface area contributed by atoms with E-state index < -0.39 is 0 Å². The second kappa shape index (κ2) is 5.49. The van der Waals surface area contributed by atoms with Gasteiger partial charge in [-0.15, -0.1) is 0 Å². The van der Waals surface area contributed by atoms with E-state index in [1.165, 1.54) is 0 Å². The van der Waals surface area contributed by atoms with E-state index in [9.17, 15) is 4.79 Å². The van der Waals surface area contributed by atoms with Crippen LogP contribution in [0.3, 0.4) is 0 Å². The Bertz CT molecular complexity index is 925. The van der Waals surface area contributed by atoms with Crippen LogP contribution in [-0.2, 0) is 11.8 Å². The zero-order valence-corrected chi connectivity index (χ0v) is 13.5. The van der Waals surface area contributed by atoms with Gasteiger partial charge in [0.2, 0.25) is 0 Å². The normalized spacial score (nSPS) is 22.0. The van der Waals surface area contributed by atoms with Gasteiger partial charge in [0, 0.05) is 25.5 Å². The van der Waals surface area contributed by atoms with Crippen molar-refractivity contribution in [3.63, 3.8) is 0 Å². The standard InChI is InChI=1S/C18H21N3O2/c1-21-17-15(11-6-5-7-12(10-11)23-2)19-14-9-4-3-8-13(14)16(17)20-18(21)22/h3-4,8-9,11-12H,5-7,10H2,1-2H3,(H,20,22)/t11-,12+/m0/s1. The fourth-order valence-corrected chi connectivity index (χ4v) is 3.87. The molecule has 1 aromatic carbocycles. The molecule has 0 aliphatic heterocycles. The van der Waals surface area contributed by atoms with Gasteiger partial charge < -0.3 is 9.72 Å². The van der Waals surface area contributed by atoms with E-state index in [1.54, 1.807) is 11.7 Å². The molecule has 120 valence electrons. The van der Waals surface area contributed by atoms with Crippen LogP contribution >= 0.6 is 0 Å². The number of aromatic nitrogens is 3. The number of aromatic amines is 1. The van der Waals surface area contributed by atoms with Crippen LogP contribution in [0.1, 0.15) is 37.3 Å². The Balaban J connectivity index is 1.98. The molecule has 0 bridgehead atoms. The van der Waals surface area contributed by atoms with Gasteiger partial charge >= 0.3 is 5.69 Å². The predicted molar refractivity (Wildman–Crippen MR) is 90.8 cm³/mol. The Kier molecular flexibility index (Phi) is 3.45. The van der Waals surface area contributed by atoms with Crippen molar-refractivity contribution in [2.45, 2.75) is 37.7 Å². The summed E-state index contributed by atoms with van der Waals surface area (Å²) >= 11 is 0. The third-order valence-electron chi connectivity index (χ3n) is 5.11. The van der Waals surface area contributed by atoms with E-state index >= 15 is 0 Å². The molecule has 0 spiro atoms. The van der Waals surface area contributed by atoms with Crippen molar-refractivity contribution >= 4 is 21.9 Å². The molecule has 2 aromatic heterocycles. The van der Waals surface area contributed by atoms with E-state index in [2.05, 4.69) is 4.98 Å². The Morgan fingerprint density at radius 2 is 2.13 bits per heavy atom. The second-order valence-electron chi connectivity index (χ2n) is 6.45. The van der Waals surface area contributed by atoms with Crippen LogP contribution in [0.25, 0.3) is 21.9 Å². The zero-order valence-electron chi connectivity index (χ0n) is 13.5. The number of imidazole rings is 1. The zero-order chi connectivity index (χ0) is 16.0. The van der Waals surface area contributed by atoms with Gasteiger partial charge in [-0.3, -0.25) is 9.55 Å². The Morgan fingerprint density at radius 1 is 1.30 bits per heavy atom.